The molecule has 1 fully saturated rings. The van der Waals surface area contributed by atoms with Gasteiger partial charge < -0.3 is 10.2 Å². The van der Waals surface area contributed by atoms with Gasteiger partial charge in [0.05, 0.1) is 12.3 Å². The molecule has 1 aliphatic carbocycles. The number of H-pyrrole nitrogens is 1. The van der Waals surface area contributed by atoms with Crippen molar-refractivity contribution in [1.29, 1.82) is 0 Å². The van der Waals surface area contributed by atoms with E-state index in [1.165, 1.54) is 12.1 Å². The number of amides is 1. The predicted molar refractivity (Wildman–Crippen MR) is 89.9 cm³/mol. The number of hydrogen-bond acceptors (Lipinski definition) is 4. The lowest BCUT2D eigenvalue weighted by Crippen LogP contribution is -2.32. The molecule has 0 unspecified atom stereocenters. The maximum Gasteiger partial charge on any atom is 0.271 e. The molecule has 130 valence electrons. The Morgan fingerprint density at radius 1 is 1.32 bits per heavy atom. The third-order valence-corrected chi connectivity index (χ3v) is 4.45. The molecule has 2 aromatic rings. The van der Waals surface area contributed by atoms with E-state index in [0.717, 1.165) is 29.8 Å². The first-order valence-electron chi connectivity index (χ1n) is 8.47. The molecule has 1 aliphatic heterocycles. The minimum Gasteiger partial charge on any atom is -0.390 e. The van der Waals surface area contributed by atoms with E-state index in [0.29, 0.717) is 31.0 Å². The molecule has 0 saturated heterocycles. The minimum absolute atomic E-state index is 0.179. The monoisotopic (exact) mass is 342 g/mol. The first-order valence-corrected chi connectivity index (χ1v) is 8.47. The van der Waals surface area contributed by atoms with Crippen LogP contribution in [0, 0.1) is 5.82 Å². The van der Waals surface area contributed by atoms with E-state index in [4.69, 9.17) is 4.84 Å². The van der Waals surface area contributed by atoms with Crippen molar-refractivity contribution in [2.45, 2.75) is 37.7 Å². The van der Waals surface area contributed by atoms with Crippen molar-refractivity contribution in [3.8, 4) is 0 Å². The second kappa shape index (κ2) is 6.66. The number of hydrogen-bond donors (Lipinski definition) is 2. The Labute approximate surface area is 144 Å². The van der Waals surface area contributed by atoms with Gasteiger partial charge in [0.15, 0.2) is 0 Å². The smallest absolute Gasteiger partial charge is 0.271 e. The lowest BCUT2D eigenvalue weighted by atomic mass is 10.0. The highest BCUT2D eigenvalue weighted by molar-refractivity contribution is 5.92. The fourth-order valence-corrected chi connectivity index (χ4v) is 2.89. The highest BCUT2D eigenvalue weighted by Crippen LogP contribution is 2.38. The van der Waals surface area contributed by atoms with Crippen molar-refractivity contribution in [1.82, 2.24) is 15.5 Å². The largest absolute Gasteiger partial charge is 0.390 e. The van der Waals surface area contributed by atoms with Gasteiger partial charge in [-0.05, 0) is 36.6 Å². The predicted octanol–water partition coefficient (Wildman–Crippen LogP) is 2.54. The number of carbonyl (C=O) groups is 1. The van der Waals surface area contributed by atoms with Gasteiger partial charge in [-0.3, -0.25) is 9.89 Å². The van der Waals surface area contributed by atoms with Crippen molar-refractivity contribution < 1.29 is 14.0 Å². The van der Waals surface area contributed by atoms with Gasteiger partial charge in [0.2, 0.25) is 0 Å². The van der Waals surface area contributed by atoms with Crippen LogP contribution in [0.25, 0.3) is 0 Å². The van der Waals surface area contributed by atoms with Crippen LogP contribution in [0.5, 0.6) is 0 Å². The zero-order valence-corrected chi connectivity index (χ0v) is 13.7. The molecule has 0 bridgehead atoms. The molecule has 1 aromatic carbocycles. The van der Waals surface area contributed by atoms with Gasteiger partial charge in [0.1, 0.15) is 17.6 Å². The zero-order valence-electron chi connectivity index (χ0n) is 13.7. The third-order valence-electron chi connectivity index (χ3n) is 4.45. The standard InChI is InChI=1S/C18H19FN4O2/c19-13-5-1-11(2-6-13)7-14-8-15(25-23-14)10-20-18(24)17-9-16(21-22-17)12-3-4-12/h1-2,5-6,9,12,15H,3-4,7-8,10H2,(H,20,24)(H,21,22)/t15-/m0/s1. The van der Waals surface area contributed by atoms with Gasteiger partial charge in [-0.15, -0.1) is 0 Å². The molecule has 2 heterocycles. The SMILES string of the molecule is O=C(NC[C@@H]1CC(Cc2ccc(F)cc2)=NO1)c1cc(C2CC2)[nH]n1. The number of oxime groups is 1. The summed E-state index contributed by atoms with van der Waals surface area (Å²) in [5.74, 6) is 0.0746. The average molecular weight is 342 g/mol. The van der Waals surface area contributed by atoms with Crippen LogP contribution in [0.4, 0.5) is 4.39 Å². The number of nitrogens with zero attached hydrogens (tertiary/aromatic N) is 2. The summed E-state index contributed by atoms with van der Waals surface area (Å²) in [6, 6.07) is 8.16. The highest BCUT2D eigenvalue weighted by atomic mass is 19.1. The molecule has 2 N–H and O–H groups in total. The molecule has 0 spiro atoms. The van der Waals surface area contributed by atoms with Crippen molar-refractivity contribution in [2.24, 2.45) is 5.16 Å². The molecule has 1 amide bonds. The summed E-state index contributed by atoms with van der Waals surface area (Å²) in [4.78, 5) is 17.5. The number of carbonyl (C=O) groups excluding carboxylic acids is 1. The van der Waals surface area contributed by atoms with Crippen molar-refractivity contribution in [3.05, 3.63) is 53.1 Å². The Balaban J connectivity index is 1.24. The Morgan fingerprint density at radius 3 is 2.88 bits per heavy atom. The highest BCUT2D eigenvalue weighted by Gasteiger charge is 2.27. The third kappa shape index (κ3) is 3.87. The number of benzene rings is 1. The van der Waals surface area contributed by atoms with Crippen LogP contribution in [-0.2, 0) is 11.3 Å². The molecule has 0 radical (unpaired) electrons. The van der Waals surface area contributed by atoms with E-state index in [9.17, 15) is 9.18 Å². The summed E-state index contributed by atoms with van der Waals surface area (Å²) in [7, 11) is 0. The second-order valence-electron chi connectivity index (χ2n) is 6.59. The quantitative estimate of drug-likeness (QED) is 0.847. The Bertz CT molecular complexity index is 796. The van der Waals surface area contributed by atoms with Crippen molar-refractivity contribution in [3.63, 3.8) is 0 Å². The van der Waals surface area contributed by atoms with Crippen molar-refractivity contribution >= 4 is 11.6 Å². The topological polar surface area (TPSA) is 79.4 Å². The van der Waals surface area contributed by atoms with Gasteiger partial charge in [0, 0.05) is 24.5 Å². The van der Waals surface area contributed by atoms with Gasteiger partial charge in [-0.1, -0.05) is 17.3 Å². The van der Waals surface area contributed by atoms with Gasteiger partial charge in [0.25, 0.3) is 5.91 Å². The van der Waals surface area contributed by atoms with E-state index in [1.807, 2.05) is 6.07 Å². The number of nitrogens with one attached hydrogen (secondary N) is 2. The average Bonchev–Trinajstić information content (AvgIpc) is 3.17. The van der Waals surface area contributed by atoms with Crippen LogP contribution in [0.1, 0.15) is 46.9 Å². The Hall–Kier alpha value is -2.70. The van der Waals surface area contributed by atoms with E-state index in [1.54, 1.807) is 12.1 Å². The molecule has 7 heteroatoms. The maximum absolute atomic E-state index is 12.9. The molecule has 1 atom stereocenters. The minimum atomic E-state index is -0.253. The van der Waals surface area contributed by atoms with Gasteiger partial charge >= 0.3 is 0 Å². The Morgan fingerprint density at radius 2 is 2.12 bits per heavy atom. The van der Waals surface area contributed by atoms with Crippen LogP contribution in [0.2, 0.25) is 0 Å². The fraction of sp³-hybridized carbons (Fsp3) is 0.389. The Kier molecular flexibility index (Phi) is 4.21. The fourth-order valence-electron chi connectivity index (χ4n) is 2.89. The molecular weight excluding hydrogens is 323 g/mol. The van der Waals surface area contributed by atoms with Crippen LogP contribution in [-0.4, -0.2) is 34.5 Å². The number of halogens is 1. The van der Waals surface area contributed by atoms with Crippen LogP contribution < -0.4 is 5.32 Å². The summed E-state index contributed by atoms with van der Waals surface area (Å²) in [6.07, 6.45) is 3.40. The zero-order chi connectivity index (χ0) is 17.2. The van der Waals surface area contributed by atoms with Gasteiger partial charge in [-0.25, -0.2) is 4.39 Å². The van der Waals surface area contributed by atoms with Crippen molar-refractivity contribution in [2.75, 3.05) is 6.54 Å². The molecule has 1 saturated carbocycles. The number of rotatable bonds is 6. The first-order chi connectivity index (χ1) is 12.2. The molecule has 1 aromatic heterocycles. The lowest BCUT2D eigenvalue weighted by molar-refractivity contribution is 0.0751. The van der Waals surface area contributed by atoms with E-state index < -0.39 is 0 Å². The molecule has 25 heavy (non-hydrogen) atoms. The molecule has 4 rings (SSSR count). The summed E-state index contributed by atoms with van der Waals surface area (Å²) in [6.45, 7) is 0.376. The second-order valence-corrected chi connectivity index (χ2v) is 6.59. The number of aromatic amines is 1. The van der Waals surface area contributed by atoms with Crippen LogP contribution in [0.3, 0.4) is 0 Å². The summed E-state index contributed by atoms with van der Waals surface area (Å²) < 4.78 is 12.9. The van der Waals surface area contributed by atoms with E-state index in [-0.39, 0.29) is 17.8 Å². The van der Waals surface area contributed by atoms with Crippen LogP contribution in [0.15, 0.2) is 35.5 Å². The summed E-state index contributed by atoms with van der Waals surface area (Å²) >= 11 is 0. The lowest BCUT2D eigenvalue weighted by Gasteiger charge is -2.08. The molecular formula is C18H19FN4O2. The van der Waals surface area contributed by atoms with Crippen LogP contribution >= 0.6 is 0 Å². The summed E-state index contributed by atoms with van der Waals surface area (Å²) in [5.41, 5.74) is 3.32. The number of aromatic nitrogens is 2. The normalized spacial score (nSPS) is 19.4. The molecule has 2 aliphatic rings. The molecule has 6 nitrogen and oxygen atoms in total. The first kappa shape index (κ1) is 15.8. The summed E-state index contributed by atoms with van der Waals surface area (Å²) in [5, 5.41) is 13.9. The van der Waals surface area contributed by atoms with Gasteiger partial charge in [-0.2, -0.15) is 5.10 Å². The van der Waals surface area contributed by atoms with E-state index >= 15 is 0 Å². The van der Waals surface area contributed by atoms with E-state index in [2.05, 4.69) is 20.7 Å². The maximum atomic E-state index is 12.9.